The van der Waals surface area contributed by atoms with Gasteiger partial charge < -0.3 is 5.32 Å². The van der Waals surface area contributed by atoms with Crippen LogP contribution < -0.4 is 5.32 Å². The molecule has 0 aliphatic heterocycles. The highest BCUT2D eigenvalue weighted by Crippen LogP contribution is 2.40. The Hall–Kier alpha value is -0.960. The zero-order chi connectivity index (χ0) is 15.0. The molecule has 0 radical (unpaired) electrons. The molecule has 5 heteroatoms. The molecule has 0 spiro atoms. The lowest BCUT2D eigenvalue weighted by atomic mass is 9.76. The van der Waals surface area contributed by atoms with Crippen LogP contribution in [0, 0.1) is 6.92 Å². The molecule has 1 aliphatic rings. The summed E-state index contributed by atoms with van der Waals surface area (Å²) in [5.41, 5.74) is 3.21. The maximum atomic E-state index is 6.16. The molecule has 21 heavy (non-hydrogen) atoms. The number of benzene rings is 1. The van der Waals surface area contributed by atoms with Crippen LogP contribution in [0.2, 0.25) is 15.3 Å². The number of nitrogens with one attached hydrogen (secondary N) is 1. The minimum Gasteiger partial charge on any atom is -0.380 e. The topological polar surface area (TPSA) is 24.9 Å². The largest absolute Gasteiger partial charge is 0.380 e. The molecule has 1 aromatic carbocycles. The first-order chi connectivity index (χ1) is 10.0. The van der Waals surface area contributed by atoms with Gasteiger partial charge in [-0.2, -0.15) is 0 Å². The molecule has 110 valence electrons. The number of anilines is 1. The summed E-state index contributed by atoms with van der Waals surface area (Å²) in [5, 5.41) is 5.13. The first kappa shape index (κ1) is 15.0. The van der Waals surface area contributed by atoms with Crippen LogP contribution in [0.1, 0.15) is 29.9 Å². The fourth-order valence-corrected chi connectivity index (χ4v) is 3.53. The lowest BCUT2D eigenvalue weighted by Gasteiger charge is -2.37. The lowest BCUT2D eigenvalue weighted by molar-refractivity contribution is 0.374. The number of nitrogens with zero attached hydrogens (tertiary/aromatic N) is 1. The molecule has 0 saturated heterocycles. The predicted octanol–water partition coefficient (Wildman–Crippen LogP) is 5.71. The highest BCUT2D eigenvalue weighted by atomic mass is 35.5. The molecular formula is C16H15Cl3N2. The van der Waals surface area contributed by atoms with Crippen LogP contribution >= 0.6 is 34.8 Å². The van der Waals surface area contributed by atoms with Gasteiger partial charge in [0.25, 0.3) is 0 Å². The van der Waals surface area contributed by atoms with Crippen LogP contribution in [-0.2, 0) is 0 Å². The zero-order valence-corrected chi connectivity index (χ0v) is 13.8. The van der Waals surface area contributed by atoms with E-state index in [1.807, 2.05) is 31.2 Å². The summed E-state index contributed by atoms with van der Waals surface area (Å²) >= 11 is 18.1. The van der Waals surface area contributed by atoms with Crippen molar-refractivity contribution in [2.75, 3.05) is 5.32 Å². The average Bonchev–Trinajstić information content (AvgIpc) is 2.35. The zero-order valence-electron chi connectivity index (χ0n) is 11.5. The molecule has 3 rings (SSSR count). The first-order valence-corrected chi connectivity index (χ1v) is 8.01. The molecule has 1 N–H and O–H groups in total. The fraction of sp³-hybridized carbons (Fsp3) is 0.312. The molecule has 0 amide bonds. The van der Waals surface area contributed by atoms with E-state index < -0.39 is 0 Å². The number of halogens is 3. The summed E-state index contributed by atoms with van der Waals surface area (Å²) < 4.78 is 0. The Labute approximate surface area is 139 Å². The molecule has 1 saturated carbocycles. The molecule has 2 aromatic rings. The van der Waals surface area contributed by atoms with E-state index in [1.54, 1.807) is 0 Å². The van der Waals surface area contributed by atoms with Crippen molar-refractivity contribution in [3.8, 4) is 0 Å². The second-order valence-corrected chi connectivity index (χ2v) is 6.67. The monoisotopic (exact) mass is 340 g/mol. The van der Waals surface area contributed by atoms with Crippen molar-refractivity contribution in [1.29, 1.82) is 0 Å². The number of aromatic nitrogens is 1. The third-order valence-electron chi connectivity index (χ3n) is 3.95. The summed E-state index contributed by atoms with van der Waals surface area (Å²) in [4.78, 5) is 4.09. The van der Waals surface area contributed by atoms with Gasteiger partial charge in [0.05, 0.1) is 5.69 Å². The van der Waals surface area contributed by atoms with Gasteiger partial charge >= 0.3 is 0 Å². The maximum Gasteiger partial charge on any atom is 0.154 e. The third kappa shape index (κ3) is 3.28. The molecule has 1 aliphatic carbocycles. The molecule has 1 fully saturated rings. The van der Waals surface area contributed by atoms with Gasteiger partial charge in [-0.25, -0.2) is 4.98 Å². The molecular weight excluding hydrogens is 327 g/mol. The van der Waals surface area contributed by atoms with Gasteiger partial charge in [0.15, 0.2) is 5.15 Å². The smallest absolute Gasteiger partial charge is 0.154 e. The van der Waals surface area contributed by atoms with E-state index in [0.717, 1.165) is 29.1 Å². The van der Waals surface area contributed by atoms with Crippen LogP contribution in [0.3, 0.4) is 0 Å². The third-order valence-corrected chi connectivity index (χ3v) is 4.65. The second kappa shape index (κ2) is 6.04. The number of hydrogen-bond donors (Lipinski definition) is 1. The summed E-state index contributed by atoms with van der Waals surface area (Å²) in [7, 11) is 0. The van der Waals surface area contributed by atoms with E-state index in [1.165, 1.54) is 5.56 Å². The lowest BCUT2D eigenvalue weighted by Crippen LogP contribution is -2.34. The Kier molecular flexibility index (Phi) is 4.30. The van der Waals surface area contributed by atoms with Gasteiger partial charge in [0.1, 0.15) is 5.15 Å². The average molecular weight is 342 g/mol. The van der Waals surface area contributed by atoms with Crippen LogP contribution in [0.25, 0.3) is 0 Å². The molecule has 1 aromatic heterocycles. The molecule has 0 unspecified atom stereocenters. The van der Waals surface area contributed by atoms with Crippen molar-refractivity contribution in [3.05, 3.63) is 56.8 Å². The van der Waals surface area contributed by atoms with E-state index in [-0.39, 0.29) is 0 Å². The minimum atomic E-state index is 0.410. The van der Waals surface area contributed by atoms with Crippen LogP contribution in [0.15, 0.2) is 30.3 Å². The first-order valence-electron chi connectivity index (χ1n) is 6.87. The van der Waals surface area contributed by atoms with Crippen molar-refractivity contribution >= 4 is 40.5 Å². The Morgan fingerprint density at radius 1 is 1.14 bits per heavy atom. The maximum absolute atomic E-state index is 6.16. The normalized spacial score (nSPS) is 21.0. The Morgan fingerprint density at radius 3 is 2.57 bits per heavy atom. The van der Waals surface area contributed by atoms with E-state index in [0.29, 0.717) is 22.3 Å². The summed E-state index contributed by atoms with van der Waals surface area (Å²) in [6, 6.07) is 10.3. The van der Waals surface area contributed by atoms with Crippen molar-refractivity contribution in [1.82, 2.24) is 4.98 Å². The SMILES string of the molecule is Cc1cc(Cl)nc(Cl)c1NC1CC(c2cccc(Cl)c2)C1. The van der Waals surface area contributed by atoms with E-state index in [4.69, 9.17) is 34.8 Å². The van der Waals surface area contributed by atoms with Gasteiger partial charge in [0.2, 0.25) is 0 Å². The summed E-state index contributed by atoms with van der Waals surface area (Å²) in [5.74, 6) is 0.556. The molecule has 0 atom stereocenters. The fourth-order valence-electron chi connectivity index (χ4n) is 2.74. The van der Waals surface area contributed by atoms with E-state index >= 15 is 0 Å². The molecule has 2 nitrogen and oxygen atoms in total. The summed E-state index contributed by atoms with van der Waals surface area (Å²) in [6.45, 7) is 1.98. The second-order valence-electron chi connectivity index (χ2n) is 5.49. The highest BCUT2D eigenvalue weighted by Gasteiger charge is 2.31. The highest BCUT2D eigenvalue weighted by molar-refractivity contribution is 6.34. The quantitative estimate of drug-likeness (QED) is 0.723. The van der Waals surface area contributed by atoms with Crippen LogP contribution in [0.4, 0.5) is 5.69 Å². The van der Waals surface area contributed by atoms with E-state index in [2.05, 4.69) is 16.4 Å². The number of aryl methyl sites for hydroxylation is 1. The van der Waals surface area contributed by atoms with Crippen molar-refractivity contribution in [2.45, 2.75) is 31.7 Å². The summed E-state index contributed by atoms with van der Waals surface area (Å²) in [6.07, 6.45) is 2.14. The number of hydrogen-bond acceptors (Lipinski definition) is 2. The molecule has 1 heterocycles. The standard InChI is InChI=1S/C16H15Cl3N2/c1-9-5-14(18)21-16(19)15(9)20-13-7-11(8-13)10-3-2-4-12(17)6-10/h2-6,11,13,20H,7-8H2,1H3. The Morgan fingerprint density at radius 2 is 1.90 bits per heavy atom. The van der Waals surface area contributed by atoms with Crippen molar-refractivity contribution in [2.24, 2.45) is 0 Å². The van der Waals surface area contributed by atoms with Crippen molar-refractivity contribution < 1.29 is 0 Å². The molecule has 0 bridgehead atoms. The van der Waals surface area contributed by atoms with Crippen LogP contribution in [-0.4, -0.2) is 11.0 Å². The van der Waals surface area contributed by atoms with Crippen LogP contribution in [0.5, 0.6) is 0 Å². The predicted molar refractivity (Wildman–Crippen MR) is 89.8 cm³/mol. The van der Waals surface area contributed by atoms with Gasteiger partial charge in [0, 0.05) is 11.1 Å². The number of rotatable bonds is 3. The van der Waals surface area contributed by atoms with Crippen molar-refractivity contribution in [3.63, 3.8) is 0 Å². The van der Waals surface area contributed by atoms with Gasteiger partial charge in [-0.15, -0.1) is 0 Å². The Balaban J connectivity index is 1.65. The van der Waals surface area contributed by atoms with Gasteiger partial charge in [-0.3, -0.25) is 0 Å². The van der Waals surface area contributed by atoms with Gasteiger partial charge in [-0.1, -0.05) is 46.9 Å². The van der Waals surface area contributed by atoms with Gasteiger partial charge in [-0.05, 0) is 55.0 Å². The number of pyridine rings is 1. The van der Waals surface area contributed by atoms with E-state index in [9.17, 15) is 0 Å². The Bertz CT molecular complexity index is 643. The minimum absolute atomic E-state index is 0.410.